The molecule has 0 saturated carbocycles. The molecule has 0 fully saturated rings. The maximum absolute atomic E-state index is 12.8. The van der Waals surface area contributed by atoms with E-state index in [1.54, 1.807) is 23.6 Å². The number of hydrogen-bond acceptors (Lipinski definition) is 7. The summed E-state index contributed by atoms with van der Waals surface area (Å²) in [5.74, 6) is -2.53. The van der Waals surface area contributed by atoms with Gasteiger partial charge in [-0.3, -0.25) is 9.59 Å². The SMILES string of the molecule is COc1cc(C(C)=NNC(=O)C(=O)Nc2cccc(C(F)(F)F)c2)ccc1OC(=O)c1cccs1. The standard InChI is InChI=1S/C23H18F3N3O5S/c1-13(14-8-9-17(18(11-14)33-2)34-22(32)19-7-4-10-35-19)28-29-21(31)20(30)27-16-6-3-5-15(12-16)23(24,25)26/h3-12H,1-2H3,(H,27,30)(H,29,31). The molecule has 0 spiro atoms. The molecule has 0 aliphatic carbocycles. The highest BCUT2D eigenvalue weighted by Gasteiger charge is 2.30. The minimum atomic E-state index is -4.59. The molecule has 1 aromatic heterocycles. The van der Waals surface area contributed by atoms with Gasteiger partial charge in [-0.2, -0.15) is 18.3 Å². The Kier molecular flexibility index (Phi) is 7.87. The minimum absolute atomic E-state index is 0.173. The van der Waals surface area contributed by atoms with Crippen LogP contribution in [0.15, 0.2) is 65.1 Å². The fraction of sp³-hybridized carbons (Fsp3) is 0.130. The number of methoxy groups -OCH3 is 1. The number of rotatable bonds is 6. The largest absolute Gasteiger partial charge is 0.493 e. The molecule has 0 bridgehead atoms. The van der Waals surface area contributed by atoms with Crippen LogP contribution < -0.4 is 20.2 Å². The molecule has 12 heteroatoms. The lowest BCUT2D eigenvalue weighted by Crippen LogP contribution is -2.33. The van der Waals surface area contributed by atoms with Crippen LogP contribution in [0.25, 0.3) is 0 Å². The van der Waals surface area contributed by atoms with Gasteiger partial charge < -0.3 is 14.8 Å². The molecule has 0 radical (unpaired) electrons. The molecule has 2 amide bonds. The Morgan fingerprint density at radius 2 is 1.74 bits per heavy atom. The highest BCUT2D eigenvalue weighted by atomic mass is 32.1. The van der Waals surface area contributed by atoms with E-state index < -0.39 is 29.5 Å². The molecule has 182 valence electrons. The van der Waals surface area contributed by atoms with Gasteiger partial charge in [0.25, 0.3) is 0 Å². The summed E-state index contributed by atoms with van der Waals surface area (Å²) in [6.45, 7) is 1.54. The number of carbonyl (C=O) groups excluding carboxylic acids is 3. The first-order chi connectivity index (χ1) is 16.6. The van der Waals surface area contributed by atoms with E-state index in [0.717, 1.165) is 12.1 Å². The summed E-state index contributed by atoms with van der Waals surface area (Å²) in [4.78, 5) is 36.7. The zero-order valence-corrected chi connectivity index (χ0v) is 19.1. The minimum Gasteiger partial charge on any atom is -0.493 e. The van der Waals surface area contributed by atoms with Crippen molar-refractivity contribution in [3.63, 3.8) is 0 Å². The van der Waals surface area contributed by atoms with Crippen LogP contribution in [0.2, 0.25) is 0 Å². The molecule has 0 unspecified atom stereocenters. The summed E-state index contributed by atoms with van der Waals surface area (Å²) in [6.07, 6.45) is -4.59. The van der Waals surface area contributed by atoms with Crippen LogP contribution in [0.5, 0.6) is 11.5 Å². The number of anilines is 1. The van der Waals surface area contributed by atoms with E-state index in [4.69, 9.17) is 9.47 Å². The fourth-order valence-corrected chi connectivity index (χ4v) is 3.33. The van der Waals surface area contributed by atoms with Gasteiger partial charge in [-0.1, -0.05) is 12.1 Å². The number of carbonyl (C=O) groups is 3. The van der Waals surface area contributed by atoms with Gasteiger partial charge in [-0.05, 0) is 54.8 Å². The predicted octanol–water partition coefficient (Wildman–Crippen LogP) is 4.47. The Hall–Kier alpha value is -4.19. The number of halogens is 3. The topological polar surface area (TPSA) is 106 Å². The number of nitrogens with zero attached hydrogens (tertiary/aromatic N) is 1. The zero-order chi connectivity index (χ0) is 25.6. The number of nitrogens with one attached hydrogen (secondary N) is 2. The summed E-state index contributed by atoms with van der Waals surface area (Å²) in [5.41, 5.74) is 1.63. The van der Waals surface area contributed by atoms with Crippen molar-refractivity contribution in [2.24, 2.45) is 5.10 Å². The van der Waals surface area contributed by atoms with Crippen molar-refractivity contribution in [1.82, 2.24) is 5.43 Å². The number of benzene rings is 2. The Bertz CT molecular complexity index is 1270. The number of amides is 2. The third-order valence-electron chi connectivity index (χ3n) is 4.49. The molecule has 0 aliphatic rings. The lowest BCUT2D eigenvalue weighted by atomic mass is 10.1. The number of hydrazone groups is 1. The summed E-state index contributed by atoms with van der Waals surface area (Å²) >= 11 is 1.23. The average Bonchev–Trinajstić information content (AvgIpc) is 3.37. The monoisotopic (exact) mass is 505 g/mol. The molecule has 0 aliphatic heterocycles. The first-order valence-corrected chi connectivity index (χ1v) is 10.7. The molecular formula is C23H18F3N3O5S. The van der Waals surface area contributed by atoms with Gasteiger partial charge in [0.05, 0.1) is 18.4 Å². The van der Waals surface area contributed by atoms with Crippen LogP contribution in [0.3, 0.4) is 0 Å². The predicted molar refractivity (Wildman–Crippen MR) is 123 cm³/mol. The Morgan fingerprint density at radius 3 is 2.40 bits per heavy atom. The Balaban J connectivity index is 1.65. The molecule has 2 aromatic carbocycles. The molecular weight excluding hydrogens is 487 g/mol. The van der Waals surface area contributed by atoms with E-state index in [2.05, 4.69) is 10.4 Å². The summed E-state index contributed by atoms with van der Waals surface area (Å²) in [6, 6.07) is 11.8. The van der Waals surface area contributed by atoms with Crippen LogP contribution in [-0.2, 0) is 15.8 Å². The van der Waals surface area contributed by atoms with Crippen LogP contribution in [0, 0.1) is 0 Å². The highest BCUT2D eigenvalue weighted by molar-refractivity contribution is 7.12. The van der Waals surface area contributed by atoms with Crippen molar-refractivity contribution in [3.05, 3.63) is 76.0 Å². The van der Waals surface area contributed by atoms with E-state index in [9.17, 15) is 27.6 Å². The quantitative estimate of drug-likeness (QED) is 0.169. The fourth-order valence-electron chi connectivity index (χ4n) is 2.73. The van der Waals surface area contributed by atoms with E-state index >= 15 is 0 Å². The van der Waals surface area contributed by atoms with Gasteiger partial charge in [0.1, 0.15) is 4.88 Å². The normalized spacial score (nSPS) is 11.5. The lowest BCUT2D eigenvalue weighted by molar-refractivity contribution is -0.137. The highest BCUT2D eigenvalue weighted by Crippen LogP contribution is 2.31. The van der Waals surface area contributed by atoms with Gasteiger partial charge in [0, 0.05) is 11.3 Å². The van der Waals surface area contributed by atoms with Crippen molar-refractivity contribution in [1.29, 1.82) is 0 Å². The summed E-state index contributed by atoms with van der Waals surface area (Å²) in [7, 11) is 1.38. The van der Waals surface area contributed by atoms with E-state index in [0.29, 0.717) is 16.5 Å². The van der Waals surface area contributed by atoms with Crippen molar-refractivity contribution >= 4 is 40.5 Å². The van der Waals surface area contributed by atoms with Crippen LogP contribution in [-0.4, -0.2) is 30.6 Å². The number of ether oxygens (including phenoxy) is 2. The first-order valence-electron chi connectivity index (χ1n) is 9.85. The number of alkyl halides is 3. The molecule has 35 heavy (non-hydrogen) atoms. The van der Waals surface area contributed by atoms with Crippen molar-refractivity contribution in [2.75, 3.05) is 12.4 Å². The second kappa shape index (κ2) is 10.8. The summed E-state index contributed by atoms with van der Waals surface area (Å²) in [5, 5.41) is 7.66. The molecule has 3 aromatic rings. The first kappa shape index (κ1) is 25.4. The third-order valence-corrected chi connectivity index (χ3v) is 5.34. The van der Waals surface area contributed by atoms with Crippen LogP contribution in [0.4, 0.5) is 18.9 Å². The number of hydrogen-bond donors (Lipinski definition) is 2. The molecule has 8 nitrogen and oxygen atoms in total. The Morgan fingerprint density at radius 1 is 0.971 bits per heavy atom. The van der Waals surface area contributed by atoms with Gasteiger partial charge in [0.2, 0.25) is 0 Å². The van der Waals surface area contributed by atoms with Crippen molar-refractivity contribution in [2.45, 2.75) is 13.1 Å². The van der Waals surface area contributed by atoms with E-state index in [-0.39, 0.29) is 22.9 Å². The zero-order valence-electron chi connectivity index (χ0n) is 18.3. The maximum atomic E-state index is 12.8. The van der Waals surface area contributed by atoms with E-state index in [1.165, 1.54) is 43.6 Å². The van der Waals surface area contributed by atoms with Crippen molar-refractivity contribution < 1.29 is 37.0 Å². The molecule has 2 N–H and O–H groups in total. The summed E-state index contributed by atoms with van der Waals surface area (Å²) < 4.78 is 49.0. The van der Waals surface area contributed by atoms with Gasteiger partial charge in [-0.25, -0.2) is 10.2 Å². The van der Waals surface area contributed by atoms with Crippen molar-refractivity contribution in [3.8, 4) is 11.5 Å². The third kappa shape index (κ3) is 6.67. The van der Waals surface area contributed by atoms with Crippen LogP contribution in [0.1, 0.15) is 27.7 Å². The number of esters is 1. The van der Waals surface area contributed by atoms with Gasteiger partial charge in [-0.15, -0.1) is 11.3 Å². The maximum Gasteiger partial charge on any atom is 0.416 e. The lowest BCUT2D eigenvalue weighted by Gasteiger charge is -2.11. The molecule has 1 heterocycles. The smallest absolute Gasteiger partial charge is 0.416 e. The average molecular weight is 505 g/mol. The molecule has 0 atom stereocenters. The van der Waals surface area contributed by atoms with Gasteiger partial charge >= 0.3 is 24.0 Å². The van der Waals surface area contributed by atoms with Gasteiger partial charge in [0.15, 0.2) is 11.5 Å². The van der Waals surface area contributed by atoms with Crippen LogP contribution >= 0.6 is 11.3 Å². The number of thiophene rings is 1. The molecule has 0 saturated heterocycles. The molecule has 3 rings (SSSR count). The second-order valence-corrected chi connectivity index (χ2v) is 7.85. The Labute approximate surface area is 201 Å². The van der Waals surface area contributed by atoms with E-state index in [1.807, 2.05) is 5.43 Å². The second-order valence-electron chi connectivity index (χ2n) is 6.90.